The second kappa shape index (κ2) is 5.32. The van der Waals surface area contributed by atoms with Gasteiger partial charge in [0.1, 0.15) is 0 Å². The molecule has 0 spiro atoms. The number of likely N-dealkylation sites (tertiary alicyclic amines) is 1. The van der Waals surface area contributed by atoms with Crippen molar-refractivity contribution in [3.8, 4) is 0 Å². The number of rotatable bonds is 3. The Morgan fingerprint density at radius 3 is 3.08 bits per heavy atom. The van der Waals surface area contributed by atoms with Crippen molar-refractivity contribution in [2.45, 2.75) is 19.8 Å². The summed E-state index contributed by atoms with van der Waals surface area (Å²) in [4.78, 5) is 13.5. The van der Waals surface area contributed by atoms with Gasteiger partial charge in [-0.25, -0.2) is 0 Å². The molecule has 0 aromatic rings. The van der Waals surface area contributed by atoms with Crippen LogP contribution < -0.4 is 0 Å². The lowest BCUT2D eigenvalue weighted by atomic mass is 9.99. The maximum atomic E-state index is 11.6. The van der Waals surface area contributed by atoms with E-state index in [-0.39, 0.29) is 5.92 Å². The highest BCUT2D eigenvalue weighted by atomic mass is 32.1. The van der Waals surface area contributed by atoms with E-state index in [9.17, 15) is 4.79 Å². The third kappa shape index (κ3) is 3.07. The van der Waals surface area contributed by atoms with Crippen LogP contribution in [0.1, 0.15) is 19.8 Å². The molecule has 0 N–H and O–H groups in total. The van der Waals surface area contributed by atoms with E-state index in [0.29, 0.717) is 5.91 Å². The van der Waals surface area contributed by atoms with Crippen molar-refractivity contribution in [1.29, 1.82) is 0 Å². The number of carbonyl (C=O) groups is 1. The summed E-state index contributed by atoms with van der Waals surface area (Å²) in [5.41, 5.74) is 0. The highest BCUT2D eigenvalue weighted by Gasteiger charge is 2.23. The topological polar surface area (TPSA) is 20.3 Å². The van der Waals surface area contributed by atoms with Crippen molar-refractivity contribution in [3.63, 3.8) is 0 Å². The van der Waals surface area contributed by atoms with Gasteiger partial charge in [-0.05, 0) is 12.8 Å². The van der Waals surface area contributed by atoms with Gasteiger partial charge in [0.15, 0.2) is 0 Å². The molecule has 0 aromatic carbocycles. The molecular weight excluding hydrogens is 182 g/mol. The second-order valence-corrected chi connectivity index (χ2v) is 3.85. The second-order valence-electron chi connectivity index (χ2n) is 3.48. The predicted octanol–water partition coefficient (Wildman–Crippen LogP) is 1.73. The number of thiol groups is 1. The summed E-state index contributed by atoms with van der Waals surface area (Å²) in [6, 6.07) is 0. The standard InChI is InChI=1S/C10H17NOS/c1-9-5-4-7-11(10(9)12)6-2-3-8-13/h2-3,9,13H,4-8H2,1H3/b3-2+. The first kappa shape index (κ1) is 10.6. The lowest BCUT2D eigenvalue weighted by Gasteiger charge is -2.29. The molecule has 1 rings (SSSR count). The molecule has 0 aromatic heterocycles. The molecule has 1 unspecified atom stereocenters. The summed E-state index contributed by atoms with van der Waals surface area (Å²) in [5.74, 6) is 1.27. The minimum absolute atomic E-state index is 0.221. The van der Waals surface area contributed by atoms with Crippen molar-refractivity contribution in [3.05, 3.63) is 12.2 Å². The number of hydrogen-bond donors (Lipinski definition) is 1. The third-order valence-electron chi connectivity index (χ3n) is 2.40. The Hall–Kier alpha value is -0.440. The van der Waals surface area contributed by atoms with Crippen LogP contribution in [0.4, 0.5) is 0 Å². The minimum Gasteiger partial charge on any atom is -0.339 e. The van der Waals surface area contributed by atoms with E-state index in [4.69, 9.17) is 0 Å². The first-order valence-electron chi connectivity index (χ1n) is 4.80. The molecule has 74 valence electrons. The predicted molar refractivity (Wildman–Crippen MR) is 58.0 cm³/mol. The van der Waals surface area contributed by atoms with Crippen LogP contribution in [-0.2, 0) is 4.79 Å². The zero-order valence-electron chi connectivity index (χ0n) is 8.07. The normalized spacial score (nSPS) is 24.3. The molecule has 1 aliphatic heterocycles. The largest absolute Gasteiger partial charge is 0.339 e. The fourth-order valence-electron chi connectivity index (χ4n) is 1.59. The average molecular weight is 199 g/mol. The van der Waals surface area contributed by atoms with Gasteiger partial charge in [-0.1, -0.05) is 19.1 Å². The number of piperidine rings is 1. The Morgan fingerprint density at radius 2 is 2.38 bits per heavy atom. The smallest absolute Gasteiger partial charge is 0.225 e. The van der Waals surface area contributed by atoms with Crippen LogP contribution in [0.5, 0.6) is 0 Å². The molecule has 2 nitrogen and oxygen atoms in total. The van der Waals surface area contributed by atoms with Crippen molar-refractivity contribution in [1.82, 2.24) is 4.90 Å². The highest BCUT2D eigenvalue weighted by Crippen LogP contribution is 2.16. The van der Waals surface area contributed by atoms with Gasteiger partial charge in [-0.15, -0.1) is 0 Å². The van der Waals surface area contributed by atoms with E-state index < -0.39 is 0 Å². The molecule has 0 saturated carbocycles. The Balaban J connectivity index is 2.39. The number of nitrogens with zero attached hydrogens (tertiary/aromatic N) is 1. The zero-order chi connectivity index (χ0) is 9.68. The lowest BCUT2D eigenvalue weighted by molar-refractivity contribution is -0.137. The Bertz CT molecular complexity index is 203. The minimum atomic E-state index is 0.221. The maximum absolute atomic E-state index is 11.6. The third-order valence-corrected chi connectivity index (χ3v) is 2.61. The van der Waals surface area contributed by atoms with E-state index in [1.807, 2.05) is 24.0 Å². The number of carbonyl (C=O) groups excluding carboxylic acids is 1. The van der Waals surface area contributed by atoms with Gasteiger partial charge in [-0.3, -0.25) is 4.79 Å². The first-order valence-corrected chi connectivity index (χ1v) is 5.43. The fourth-order valence-corrected chi connectivity index (χ4v) is 1.74. The Kier molecular flexibility index (Phi) is 4.36. The number of amides is 1. The Labute approximate surface area is 85.4 Å². The number of hydrogen-bond acceptors (Lipinski definition) is 2. The summed E-state index contributed by atoms with van der Waals surface area (Å²) >= 11 is 4.07. The SMILES string of the molecule is CC1CCCN(C/C=C/CS)C1=O. The van der Waals surface area contributed by atoms with Gasteiger partial charge in [0.05, 0.1) is 0 Å². The molecule has 1 amide bonds. The Morgan fingerprint density at radius 1 is 1.62 bits per heavy atom. The van der Waals surface area contributed by atoms with Crippen LogP contribution in [0, 0.1) is 5.92 Å². The molecule has 1 fully saturated rings. The molecular formula is C10H17NOS. The van der Waals surface area contributed by atoms with E-state index in [1.165, 1.54) is 0 Å². The monoisotopic (exact) mass is 199 g/mol. The van der Waals surface area contributed by atoms with Crippen LogP contribution in [0.25, 0.3) is 0 Å². The van der Waals surface area contributed by atoms with Gasteiger partial charge in [0.2, 0.25) is 5.91 Å². The van der Waals surface area contributed by atoms with E-state index in [2.05, 4.69) is 12.6 Å². The van der Waals surface area contributed by atoms with Gasteiger partial charge >= 0.3 is 0 Å². The molecule has 0 aliphatic carbocycles. The molecule has 1 atom stereocenters. The summed E-state index contributed by atoms with van der Waals surface area (Å²) in [6.45, 7) is 3.68. The summed E-state index contributed by atoms with van der Waals surface area (Å²) in [6.07, 6.45) is 6.19. The highest BCUT2D eigenvalue weighted by molar-refractivity contribution is 7.80. The van der Waals surface area contributed by atoms with Gasteiger partial charge in [0.25, 0.3) is 0 Å². The molecule has 13 heavy (non-hydrogen) atoms. The molecule has 1 saturated heterocycles. The van der Waals surface area contributed by atoms with Crippen molar-refractivity contribution < 1.29 is 4.79 Å². The van der Waals surface area contributed by atoms with Crippen molar-refractivity contribution in [2.75, 3.05) is 18.8 Å². The maximum Gasteiger partial charge on any atom is 0.225 e. The van der Waals surface area contributed by atoms with Crippen LogP contribution in [0.2, 0.25) is 0 Å². The average Bonchev–Trinajstić information content (AvgIpc) is 2.13. The molecule has 3 heteroatoms. The zero-order valence-corrected chi connectivity index (χ0v) is 8.96. The molecule has 0 bridgehead atoms. The van der Waals surface area contributed by atoms with Crippen LogP contribution in [0.15, 0.2) is 12.2 Å². The summed E-state index contributed by atoms with van der Waals surface area (Å²) in [7, 11) is 0. The van der Waals surface area contributed by atoms with Crippen LogP contribution in [0.3, 0.4) is 0 Å². The fraction of sp³-hybridized carbons (Fsp3) is 0.700. The van der Waals surface area contributed by atoms with Gasteiger partial charge in [-0.2, -0.15) is 12.6 Å². The van der Waals surface area contributed by atoms with Crippen molar-refractivity contribution in [2.24, 2.45) is 5.92 Å². The molecule has 0 radical (unpaired) electrons. The first-order chi connectivity index (χ1) is 6.25. The van der Waals surface area contributed by atoms with Gasteiger partial charge < -0.3 is 4.90 Å². The van der Waals surface area contributed by atoms with Crippen molar-refractivity contribution >= 4 is 18.5 Å². The van der Waals surface area contributed by atoms with E-state index in [1.54, 1.807) is 0 Å². The van der Waals surface area contributed by atoms with E-state index in [0.717, 1.165) is 31.7 Å². The van der Waals surface area contributed by atoms with E-state index >= 15 is 0 Å². The quantitative estimate of drug-likeness (QED) is 0.542. The summed E-state index contributed by atoms with van der Waals surface area (Å²) in [5, 5.41) is 0. The summed E-state index contributed by atoms with van der Waals surface area (Å²) < 4.78 is 0. The van der Waals surface area contributed by atoms with Crippen LogP contribution in [-0.4, -0.2) is 29.6 Å². The lowest BCUT2D eigenvalue weighted by Crippen LogP contribution is -2.40. The van der Waals surface area contributed by atoms with Crippen LogP contribution >= 0.6 is 12.6 Å². The molecule has 1 heterocycles. The molecule has 1 aliphatic rings. The van der Waals surface area contributed by atoms with Gasteiger partial charge in [0, 0.05) is 24.8 Å².